The monoisotopic (exact) mass is 564 g/mol. The van der Waals surface area contributed by atoms with E-state index >= 15 is 0 Å². The van der Waals surface area contributed by atoms with Gasteiger partial charge in [-0.15, -0.1) is 23.4 Å². The van der Waals surface area contributed by atoms with E-state index in [1.165, 1.54) is 47.0 Å². The van der Waals surface area contributed by atoms with Crippen molar-refractivity contribution >= 4 is 34.7 Å². The van der Waals surface area contributed by atoms with Crippen LogP contribution in [0.25, 0.3) is 17.1 Å². The molecule has 1 saturated heterocycles. The van der Waals surface area contributed by atoms with Crippen LogP contribution >= 0.6 is 11.8 Å². The zero-order valence-corrected chi connectivity index (χ0v) is 22.3. The second-order valence-electron chi connectivity index (χ2n) is 8.76. The fourth-order valence-corrected chi connectivity index (χ4v) is 4.97. The van der Waals surface area contributed by atoms with Gasteiger partial charge in [0.15, 0.2) is 11.0 Å². The molecule has 1 aliphatic heterocycles. The summed E-state index contributed by atoms with van der Waals surface area (Å²) < 4.78 is 42.5. The zero-order valence-electron chi connectivity index (χ0n) is 21.5. The summed E-state index contributed by atoms with van der Waals surface area (Å²) in [6.45, 7) is 4.03. The smallest absolute Gasteiger partial charge is 0.406 e. The molecule has 0 saturated carbocycles. The van der Waals surface area contributed by atoms with Gasteiger partial charge in [-0.1, -0.05) is 61.2 Å². The molecular formula is C28H23F3N6O2S. The number of aromatic nitrogens is 3. The molecule has 2 heterocycles. The van der Waals surface area contributed by atoms with Crippen molar-refractivity contribution in [3.63, 3.8) is 0 Å². The van der Waals surface area contributed by atoms with Crippen LogP contribution in [0.4, 0.5) is 18.9 Å². The standard InChI is InChI=1S/C28H23F3N6O2S/c1-3-20-6-4-5-18(2)25(20)37-24(38)16-40-27(37)34-33-15-19-7-9-21(10-8-19)26-32-17-36(35-26)22-11-13-23(14-12-22)39-28(29,30)31/h4-15,17H,3,16H2,1-2H3. The highest BCUT2D eigenvalue weighted by Gasteiger charge is 2.32. The fraction of sp³-hybridized carbons (Fsp3) is 0.179. The van der Waals surface area contributed by atoms with Crippen molar-refractivity contribution in [1.82, 2.24) is 14.8 Å². The zero-order chi connectivity index (χ0) is 28.3. The quantitative estimate of drug-likeness (QED) is 0.198. The van der Waals surface area contributed by atoms with Gasteiger partial charge >= 0.3 is 6.36 Å². The summed E-state index contributed by atoms with van der Waals surface area (Å²) in [6, 6.07) is 18.7. The molecule has 1 fully saturated rings. The van der Waals surface area contributed by atoms with Crippen molar-refractivity contribution in [3.8, 4) is 22.8 Å². The first-order valence-corrected chi connectivity index (χ1v) is 13.2. The third-order valence-electron chi connectivity index (χ3n) is 6.04. The maximum atomic E-state index is 12.7. The molecule has 4 aromatic rings. The normalized spacial score (nSPS) is 15.0. The minimum absolute atomic E-state index is 0.0233. The molecule has 3 aromatic carbocycles. The van der Waals surface area contributed by atoms with E-state index in [4.69, 9.17) is 0 Å². The van der Waals surface area contributed by atoms with Gasteiger partial charge in [0, 0.05) is 5.56 Å². The molecule has 1 aromatic heterocycles. The Morgan fingerprint density at radius 1 is 1.07 bits per heavy atom. The molecule has 0 radical (unpaired) electrons. The molecule has 12 heteroatoms. The number of hydrogen-bond acceptors (Lipinski definition) is 7. The van der Waals surface area contributed by atoms with Gasteiger partial charge in [0.05, 0.1) is 23.3 Å². The Morgan fingerprint density at radius 3 is 2.52 bits per heavy atom. The van der Waals surface area contributed by atoms with Crippen molar-refractivity contribution in [3.05, 3.63) is 89.7 Å². The van der Waals surface area contributed by atoms with E-state index in [1.54, 1.807) is 11.1 Å². The lowest BCUT2D eigenvalue weighted by Gasteiger charge is -2.21. The summed E-state index contributed by atoms with van der Waals surface area (Å²) in [5.41, 5.74) is 5.02. The molecule has 0 unspecified atom stereocenters. The summed E-state index contributed by atoms with van der Waals surface area (Å²) in [5, 5.41) is 13.5. The molecule has 0 N–H and O–H groups in total. The largest absolute Gasteiger partial charge is 0.573 e. The van der Waals surface area contributed by atoms with E-state index in [-0.39, 0.29) is 11.7 Å². The third-order valence-corrected chi connectivity index (χ3v) is 6.95. The predicted octanol–water partition coefficient (Wildman–Crippen LogP) is 6.17. The maximum Gasteiger partial charge on any atom is 0.573 e. The summed E-state index contributed by atoms with van der Waals surface area (Å²) in [5.74, 6) is 0.419. The fourth-order valence-electron chi connectivity index (χ4n) is 4.16. The first-order valence-electron chi connectivity index (χ1n) is 12.3. The van der Waals surface area contributed by atoms with Crippen LogP contribution in [0.2, 0.25) is 0 Å². The Kier molecular flexibility index (Phi) is 7.69. The van der Waals surface area contributed by atoms with Crippen LogP contribution in [-0.4, -0.2) is 44.2 Å². The van der Waals surface area contributed by atoms with E-state index in [1.807, 2.05) is 49.4 Å². The topological polar surface area (TPSA) is 85.0 Å². The highest BCUT2D eigenvalue weighted by Crippen LogP contribution is 2.33. The number of amidine groups is 1. The number of hydrogen-bond donors (Lipinski definition) is 0. The number of carbonyl (C=O) groups is 1. The summed E-state index contributed by atoms with van der Waals surface area (Å²) in [4.78, 5) is 18.6. The van der Waals surface area contributed by atoms with Crippen LogP contribution in [-0.2, 0) is 11.2 Å². The van der Waals surface area contributed by atoms with Crippen LogP contribution in [0.5, 0.6) is 5.75 Å². The molecule has 40 heavy (non-hydrogen) atoms. The Bertz CT molecular complexity index is 1580. The van der Waals surface area contributed by atoms with Crippen LogP contribution in [0.1, 0.15) is 23.6 Å². The summed E-state index contributed by atoms with van der Waals surface area (Å²) in [6.07, 6.45) is -0.871. The van der Waals surface area contributed by atoms with Crippen LogP contribution < -0.4 is 9.64 Å². The lowest BCUT2D eigenvalue weighted by atomic mass is 10.0. The first kappa shape index (κ1) is 27.1. The van der Waals surface area contributed by atoms with Gasteiger partial charge in [-0.25, -0.2) is 9.67 Å². The lowest BCUT2D eigenvalue weighted by Crippen LogP contribution is -2.30. The molecule has 0 aliphatic carbocycles. The number of aryl methyl sites for hydroxylation is 2. The number of carbonyl (C=O) groups excluding carboxylic acids is 1. The van der Waals surface area contributed by atoms with E-state index in [2.05, 4.69) is 31.9 Å². The number of rotatable bonds is 7. The SMILES string of the molecule is CCc1cccc(C)c1N1C(=O)CSC1=NN=Cc1ccc(-c2ncn(-c3ccc(OC(F)(F)F)cc3)n2)cc1. The summed E-state index contributed by atoms with van der Waals surface area (Å²) in [7, 11) is 0. The van der Waals surface area contributed by atoms with Gasteiger partial charge in [-0.3, -0.25) is 9.69 Å². The Morgan fingerprint density at radius 2 is 1.82 bits per heavy atom. The number of alkyl halides is 3. The molecule has 8 nitrogen and oxygen atoms in total. The minimum Gasteiger partial charge on any atom is -0.406 e. The molecule has 0 bridgehead atoms. The maximum absolute atomic E-state index is 12.7. The second kappa shape index (κ2) is 11.3. The number of ether oxygens (including phenoxy) is 1. The summed E-state index contributed by atoms with van der Waals surface area (Å²) >= 11 is 1.36. The van der Waals surface area contributed by atoms with Crippen LogP contribution in [0.15, 0.2) is 83.3 Å². The third kappa shape index (κ3) is 6.07. The van der Waals surface area contributed by atoms with Gasteiger partial charge in [-0.05, 0) is 54.3 Å². The molecule has 1 aliphatic rings. The van der Waals surface area contributed by atoms with Crippen molar-refractivity contribution in [2.24, 2.45) is 10.2 Å². The molecule has 0 spiro atoms. The van der Waals surface area contributed by atoms with Crippen molar-refractivity contribution in [2.75, 3.05) is 10.7 Å². The molecule has 0 atom stereocenters. The average molecular weight is 565 g/mol. The average Bonchev–Trinajstić information content (AvgIpc) is 3.56. The number of anilines is 1. The van der Waals surface area contributed by atoms with Crippen molar-refractivity contribution in [2.45, 2.75) is 26.6 Å². The number of para-hydroxylation sites is 1. The molecule has 5 rings (SSSR count). The highest BCUT2D eigenvalue weighted by molar-refractivity contribution is 8.15. The van der Waals surface area contributed by atoms with E-state index in [0.717, 1.165) is 34.4 Å². The van der Waals surface area contributed by atoms with Crippen molar-refractivity contribution < 1.29 is 22.7 Å². The Balaban J connectivity index is 1.28. The number of nitrogens with zero attached hydrogens (tertiary/aromatic N) is 6. The highest BCUT2D eigenvalue weighted by atomic mass is 32.2. The van der Waals surface area contributed by atoms with E-state index in [9.17, 15) is 18.0 Å². The van der Waals surface area contributed by atoms with Crippen LogP contribution in [0, 0.1) is 6.92 Å². The number of amides is 1. The van der Waals surface area contributed by atoms with Gasteiger partial charge in [0.1, 0.15) is 12.1 Å². The first-order chi connectivity index (χ1) is 19.2. The number of benzene rings is 3. The van der Waals surface area contributed by atoms with E-state index in [0.29, 0.717) is 22.4 Å². The lowest BCUT2D eigenvalue weighted by molar-refractivity contribution is -0.274. The van der Waals surface area contributed by atoms with Gasteiger partial charge in [0.25, 0.3) is 0 Å². The second-order valence-corrected chi connectivity index (χ2v) is 9.70. The Hall–Kier alpha value is -4.45. The molecule has 1 amide bonds. The van der Waals surface area contributed by atoms with Gasteiger partial charge in [-0.2, -0.15) is 5.10 Å². The molecule has 204 valence electrons. The van der Waals surface area contributed by atoms with Crippen molar-refractivity contribution in [1.29, 1.82) is 0 Å². The predicted molar refractivity (Wildman–Crippen MR) is 149 cm³/mol. The number of halogens is 3. The van der Waals surface area contributed by atoms with E-state index < -0.39 is 6.36 Å². The van der Waals surface area contributed by atoms with Gasteiger partial charge in [0.2, 0.25) is 5.91 Å². The van der Waals surface area contributed by atoms with Crippen LogP contribution in [0.3, 0.4) is 0 Å². The van der Waals surface area contributed by atoms with Gasteiger partial charge < -0.3 is 4.74 Å². The minimum atomic E-state index is -4.75. The Labute approximate surface area is 232 Å². The molecular weight excluding hydrogens is 541 g/mol. The number of thioether (sulfide) groups is 1.